The molecule has 0 unspecified atom stereocenters. The first-order valence-corrected chi connectivity index (χ1v) is 6.90. The number of thiophene rings is 1. The van der Waals surface area contributed by atoms with Crippen molar-refractivity contribution in [2.24, 2.45) is 4.99 Å². The molecule has 0 atom stereocenters. The molecule has 2 aromatic heterocycles. The minimum Gasteiger partial charge on any atom is -0.352 e. The number of hydrogen-bond donors (Lipinski definition) is 2. The highest BCUT2D eigenvalue weighted by molar-refractivity contribution is 14.0. The van der Waals surface area contributed by atoms with E-state index in [9.17, 15) is 8.78 Å². The second-order valence-corrected chi connectivity index (χ2v) is 4.72. The van der Waals surface area contributed by atoms with Crippen molar-refractivity contribution in [3.63, 3.8) is 0 Å². The number of nitrogens with one attached hydrogen (secondary N) is 2. The fourth-order valence-corrected chi connectivity index (χ4v) is 2.29. The summed E-state index contributed by atoms with van der Waals surface area (Å²) in [7, 11) is 1.63. The third-order valence-electron chi connectivity index (χ3n) is 2.64. The lowest BCUT2D eigenvalue weighted by Gasteiger charge is -2.12. The Bertz CT molecular complexity index is 556. The van der Waals surface area contributed by atoms with Gasteiger partial charge in [-0.05, 0) is 22.4 Å². The zero-order chi connectivity index (χ0) is 14.4. The van der Waals surface area contributed by atoms with Gasteiger partial charge in [-0.25, -0.2) is 4.98 Å². The van der Waals surface area contributed by atoms with Crippen molar-refractivity contribution in [3.05, 3.63) is 40.6 Å². The van der Waals surface area contributed by atoms with Gasteiger partial charge in [0.05, 0.1) is 6.54 Å². The van der Waals surface area contributed by atoms with Gasteiger partial charge in [-0.2, -0.15) is 20.1 Å². The Morgan fingerprint density at radius 3 is 2.81 bits per heavy atom. The van der Waals surface area contributed by atoms with Crippen molar-refractivity contribution in [3.8, 4) is 0 Å². The van der Waals surface area contributed by atoms with Gasteiger partial charge < -0.3 is 10.6 Å². The fourth-order valence-electron chi connectivity index (χ4n) is 1.62. The summed E-state index contributed by atoms with van der Waals surface area (Å²) in [6.45, 7) is -1.78. The summed E-state index contributed by atoms with van der Waals surface area (Å²) in [5.74, 6) is 0.804. The highest BCUT2D eigenvalue weighted by atomic mass is 127. The lowest BCUT2D eigenvalue weighted by Crippen LogP contribution is -2.36. The van der Waals surface area contributed by atoms with E-state index >= 15 is 0 Å². The molecule has 0 aliphatic rings. The van der Waals surface area contributed by atoms with Gasteiger partial charge in [0.2, 0.25) is 0 Å². The van der Waals surface area contributed by atoms with Gasteiger partial charge in [-0.1, -0.05) is 0 Å². The fraction of sp³-hybridized carbons (Fsp3) is 0.333. The molecule has 2 aromatic rings. The molecule has 0 bridgehead atoms. The topological polar surface area (TPSA) is 54.2 Å². The molecule has 9 heteroatoms. The van der Waals surface area contributed by atoms with Gasteiger partial charge in [0.1, 0.15) is 5.82 Å². The molecule has 0 radical (unpaired) electrons. The monoisotopic (exact) mass is 427 g/mol. The minimum absolute atomic E-state index is 0. The molecule has 0 aliphatic heterocycles. The van der Waals surface area contributed by atoms with E-state index in [1.54, 1.807) is 18.4 Å². The molecule has 2 heterocycles. The number of aliphatic imine (C=N–C) groups is 1. The first kappa shape index (κ1) is 17.8. The molecule has 0 fully saturated rings. The molecular formula is C12H16F2IN5S. The summed E-state index contributed by atoms with van der Waals surface area (Å²) in [5, 5.41) is 10.1. The lowest BCUT2D eigenvalue weighted by atomic mass is 10.3. The van der Waals surface area contributed by atoms with Gasteiger partial charge in [-0.15, -0.1) is 24.0 Å². The maximum atomic E-state index is 12.7. The predicted molar refractivity (Wildman–Crippen MR) is 90.3 cm³/mol. The minimum atomic E-state index is -2.59. The van der Waals surface area contributed by atoms with Crippen molar-refractivity contribution < 1.29 is 8.78 Å². The maximum Gasteiger partial charge on any atom is 0.319 e. The number of hydrogen-bond acceptors (Lipinski definition) is 3. The quantitative estimate of drug-likeness (QED) is 0.439. The van der Waals surface area contributed by atoms with Crippen LogP contribution in [0.2, 0.25) is 0 Å². The lowest BCUT2D eigenvalue weighted by molar-refractivity contribution is 0.0668. The van der Waals surface area contributed by atoms with Crippen LogP contribution in [0.1, 0.15) is 17.9 Å². The molecular weight excluding hydrogens is 411 g/mol. The first-order valence-electron chi connectivity index (χ1n) is 5.96. The largest absolute Gasteiger partial charge is 0.352 e. The van der Waals surface area contributed by atoms with E-state index in [0.717, 1.165) is 10.1 Å². The van der Waals surface area contributed by atoms with Crippen molar-refractivity contribution in [2.45, 2.75) is 19.6 Å². The Hall–Kier alpha value is -1.23. The van der Waals surface area contributed by atoms with E-state index in [-0.39, 0.29) is 36.3 Å². The normalized spacial score (nSPS) is 11.3. The molecule has 0 spiro atoms. The Labute approximate surface area is 142 Å². The number of nitrogens with zero attached hydrogens (tertiary/aromatic N) is 3. The molecule has 0 amide bonds. The average Bonchev–Trinajstić information content (AvgIpc) is 3.09. The van der Waals surface area contributed by atoms with E-state index in [2.05, 4.69) is 20.6 Å². The van der Waals surface area contributed by atoms with Gasteiger partial charge in [-0.3, -0.25) is 9.56 Å². The summed E-state index contributed by atoms with van der Waals surface area (Å²) < 4.78 is 26.1. The van der Waals surface area contributed by atoms with E-state index < -0.39 is 6.55 Å². The van der Waals surface area contributed by atoms with Crippen LogP contribution in [-0.4, -0.2) is 22.6 Å². The van der Waals surface area contributed by atoms with Crippen LogP contribution in [0.15, 0.2) is 34.2 Å². The van der Waals surface area contributed by atoms with Gasteiger partial charge in [0, 0.05) is 26.0 Å². The Morgan fingerprint density at radius 2 is 2.19 bits per heavy atom. The zero-order valence-electron chi connectivity index (χ0n) is 11.3. The maximum absolute atomic E-state index is 12.7. The number of alkyl halides is 2. The summed E-state index contributed by atoms with van der Waals surface area (Å²) in [6.07, 6.45) is 2.61. The first-order chi connectivity index (χ1) is 9.70. The number of imidazole rings is 1. The van der Waals surface area contributed by atoms with E-state index in [0.29, 0.717) is 12.5 Å². The summed E-state index contributed by atoms with van der Waals surface area (Å²) in [4.78, 5) is 7.93. The number of guanidine groups is 1. The summed E-state index contributed by atoms with van der Waals surface area (Å²) >= 11 is 1.62. The summed E-state index contributed by atoms with van der Waals surface area (Å²) in [6, 6.07) is 2.01. The molecule has 0 aliphatic carbocycles. The molecule has 2 rings (SSSR count). The molecule has 21 heavy (non-hydrogen) atoms. The van der Waals surface area contributed by atoms with Crippen LogP contribution < -0.4 is 10.6 Å². The van der Waals surface area contributed by atoms with Gasteiger partial charge >= 0.3 is 6.55 Å². The van der Waals surface area contributed by atoms with Crippen LogP contribution in [0.5, 0.6) is 0 Å². The standard InChI is InChI=1S/C12H15F2N5S.HI/c1-15-12(17-6-9-2-5-20-8-9)18-7-10-16-3-4-19(10)11(13)14;/h2-5,8,11H,6-7H2,1H3,(H2,15,17,18);1H. The average molecular weight is 427 g/mol. The predicted octanol–water partition coefficient (Wildman–Crippen LogP) is 2.82. The van der Waals surface area contributed by atoms with Crippen LogP contribution in [0, 0.1) is 0 Å². The molecule has 5 nitrogen and oxygen atoms in total. The third kappa shape index (κ3) is 5.23. The van der Waals surface area contributed by atoms with Crippen LogP contribution in [0.4, 0.5) is 8.78 Å². The molecule has 0 saturated heterocycles. The zero-order valence-corrected chi connectivity index (χ0v) is 14.4. The van der Waals surface area contributed by atoms with Crippen molar-refractivity contribution >= 4 is 41.3 Å². The van der Waals surface area contributed by atoms with Crippen LogP contribution in [-0.2, 0) is 13.1 Å². The van der Waals surface area contributed by atoms with Crippen LogP contribution in [0.3, 0.4) is 0 Å². The molecule has 116 valence electrons. The SMILES string of the molecule is CN=C(NCc1ccsc1)NCc1nccn1C(F)F.I. The molecule has 2 N–H and O–H groups in total. The van der Waals surface area contributed by atoms with Crippen molar-refractivity contribution in [2.75, 3.05) is 7.05 Å². The highest BCUT2D eigenvalue weighted by Crippen LogP contribution is 2.11. The van der Waals surface area contributed by atoms with Crippen molar-refractivity contribution in [1.82, 2.24) is 20.2 Å². The Balaban J connectivity index is 0.00000220. The Morgan fingerprint density at radius 1 is 1.43 bits per heavy atom. The Kier molecular flexibility index (Phi) is 7.57. The third-order valence-corrected chi connectivity index (χ3v) is 3.37. The van der Waals surface area contributed by atoms with E-state index in [1.165, 1.54) is 12.4 Å². The summed E-state index contributed by atoms with van der Waals surface area (Å²) in [5.41, 5.74) is 1.15. The van der Waals surface area contributed by atoms with Crippen LogP contribution in [0.25, 0.3) is 0 Å². The molecule has 0 saturated carbocycles. The second kappa shape index (κ2) is 8.93. The highest BCUT2D eigenvalue weighted by Gasteiger charge is 2.11. The van der Waals surface area contributed by atoms with Crippen molar-refractivity contribution in [1.29, 1.82) is 0 Å². The van der Waals surface area contributed by atoms with E-state index in [4.69, 9.17) is 0 Å². The number of rotatable bonds is 5. The number of halogens is 3. The van der Waals surface area contributed by atoms with E-state index in [1.807, 2.05) is 16.8 Å². The second-order valence-electron chi connectivity index (χ2n) is 3.94. The van der Waals surface area contributed by atoms with Crippen LogP contribution >= 0.6 is 35.3 Å². The molecule has 0 aromatic carbocycles. The van der Waals surface area contributed by atoms with Gasteiger partial charge in [0.15, 0.2) is 5.96 Å². The number of aromatic nitrogens is 2. The smallest absolute Gasteiger partial charge is 0.319 e. The van der Waals surface area contributed by atoms with Gasteiger partial charge in [0.25, 0.3) is 0 Å².